The summed E-state index contributed by atoms with van der Waals surface area (Å²) in [4.78, 5) is 11.1. The summed E-state index contributed by atoms with van der Waals surface area (Å²) >= 11 is 0. The zero-order valence-corrected chi connectivity index (χ0v) is 9.62. The quantitative estimate of drug-likeness (QED) is 0.847. The number of carboxylic acids is 1. The highest BCUT2D eigenvalue weighted by molar-refractivity contribution is 5.78. The summed E-state index contributed by atoms with van der Waals surface area (Å²) in [5.74, 6) is 0.157. The van der Waals surface area contributed by atoms with Crippen LogP contribution in [0.25, 0.3) is 0 Å². The second-order valence-corrected chi connectivity index (χ2v) is 4.55. The van der Waals surface area contributed by atoms with Crippen LogP contribution in [0.4, 0.5) is 0 Å². The van der Waals surface area contributed by atoms with Gasteiger partial charge < -0.3 is 9.84 Å². The van der Waals surface area contributed by atoms with Crippen molar-refractivity contribution in [1.82, 2.24) is 0 Å². The van der Waals surface area contributed by atoms with Crippen LogP contribution in [0.3, 0.4) is 0 Å². The molecule has 1 fully saturated rings. The minimum absolute atomic E-state index is 0.487. The van der Waals surface area contributed by atoms with E-state index in [4.69, 9.17) is 9.84 Å². The van der Waals surface area contributed by atoms with Crippen molar-refractivity contribution in [3.8, 4) is 5.75 Å². The molecule has 0 unspecified atom stereocenters. The van der Waals surface area contributed by atoms with Crippen molar-refractivity contribution in [2.45, 2.75) is 26.2 Å². The first-order valence-electron chi connectivity index (χ1n) is 5.44. The summed E-state index contributed by atoms with van der Waals surface area (Å²) in [6, 6.07) is 5.81. The van der Waals surface area contributed by atoms with E-state index >= 15 is 0 Å². The zero-order valence-electron chi connectivity index (χ0n) is 9.62. The van der Waals surface area contributed by atoms with E-state index < -0.39 is 11.4 Å². The van der Waals surface area contributed by atoms with Crippen molar-refractivity contribution in [1.29, 1.82) is 0 Å². The fraction of sp³-hybridized carbons (Fsp3) is 0.462. The van der Waals surface area contributed by atoms with E-state index in [-0.39, 0.29) is 0 Å². The Hall–Kier alpha value is -1.51. The minimum Gasteiger partial charge on any atom is -0.497 e. The third kappa shape index (κ3) is 1.90. The van der Waals surface area contributed by atoms with Crippen LogP contribution in [0.1, 0.15) is 24.0 Å². The van der Waals surface area contributed by atoms with Gasteiger partial charge in [-0.3, -0.25) is 4.79 Å². The molecule has 16 heavy (non-hydrogen) atoms. The number of hydrogen-bond donors (Lipinski definition) is 1. The van der Waals surface area contributed by atoms with Gasteiger partial charge in [0.15, 0.2) is 0 Å². The number of ether oxygens (including phenoxy) is 1. The van der Waals surface area contributed by atoms with Gasteiger partial charge in [0.05, 0.1) is 12.5 Å². The topological polar surface area (TPSA) is 46.5 Å². The third-order valence-electron chi connectivity index (χ3n) is 3.39. The molecule has 1 aromatic carbocycles. The van der Waals surface area contributed by atoms with Gasteiger partial charge in [0, 0.05) is 0 Å². The minimum atomic E-state index is -0.664. The predicted octanol–water partition coefficient (Wildman–Crippen LogP) is 2.41. The number of carbonyl (C=O) groups is 1. The zero-order chi connectivity index (χ0) is 11.8. The van der Waals surface area contributed by atoms with Crippen LogP contribution in [-0.4, -0.2) is 18.2 Å². The Morgan fingerprint density at radius 1 is 1.50 bits per heavy atom. The molecule has 0 aromatic heterocycles. The lowest BCUT2D eigenvalue weighted by Crippen LogP contribution is -2.18. The Morgan fingerprint density at radius 3 is 2.62 bits per heavy atom. The van der Waals surface area contributed by atoms with E-state index in [9.17, 15) is 4.79 Å². The van der Waals surface area contributed by atoms with E-state index in [1.165, 1.54) is 0 Å². The third-order valence-corrected chi connectivity index (χ3v) is 3.39. The molecule has 1 aliphatic carbocycles. The van der Waals surface area contributed by atoms with Crippen LogP contribution in [0.15, 0.2) is 18.2 Å². The Balaban J connectivity index is 2.19. The smallest absolute Gasteiger partial charge is 0.309 e. The van der Waals surface area contributed by atoms with Gasteiger partial charge in [-0.2, -0.15) is 0 Å². The van der Waals surface area contributed by atoms with Gasteiger partial charge in [-0.1, -0.05) is 6.07 Å². The summed E-state index contributed by atoms with van der Waals surface area (Å²) in [5.41, 5.74) is 1.73. The van der Waals surface area contributed by atoms with Gasteiger partial charge in [0.25, 0.3) is 0 Å². The summed E-state index contributed by atoms with van der Waals surface area (Å²) in [5, 5.41) is 9.13. The Morgan fingerprint density at radius 2 is 2.19 bits per heavy atom. The Labute approximate surface area is 95.0 Å². The number of aliphatic carboxylic acids is 1. The van der Waals surface area contributed by atoms with E-state index in [1.807, 2.05) is 25.1 Å². The van der Waals surface area contributed by atoms with Crippen molar-refractivity contribution < 1.29 is 14.6 Å². The van der Waals surface area contributed by atoms with Crippen molar-refractivity contribution >= 4 is 5.97 Å². The first-order valence-corrected chi connectivity index (χ1v) is 5.44. The highest BCUT2D eigenvalue weighted by Crippen LogP contribution is 2.49. The number of benzene rings is 1. The van der Waals surface area contributed by atoms with Crippen molar-refractivity contribution in [3.05, 3.63) is 29.3 Å². The maximum Gasteiger partial charge on any atom is 0.309 e. The van der Waals surface area contributed by atoms with Crippen molar-refractivity contribution in [2.75, 3.05) is 7.11 Å². The standard InChI is InChI=1S/C13H16O3/c1-9-7-11(16-2)4-3-10(9)8-13(5-6-13)12(14)15/h3-4,7H,5-6,8H2,1-2H3,(H,14,15). The normalized spacial score (nSPS) is 16.9. The molecule has 0 saturated heterocycles. The van der Waals surface area contributed by atoms with E-state index in [0.717, 1.165) is 29.7 Å². The van der Waals surface area contributed by atoms with Crippen molar-refractivity contribution in [3.63, 3.8) is 0 Å². The van der Waals surface area contributed by atoms with Gasteiger partial charge in [0.2, 0.25) is 0 Å². The maximum atomic E-state index is 11.1. The Bertz CT molecular complexity index is 419. The largest absolute Gasteiger partial charge is 0.497 e. The molecule has 0 atom stereocenters. The molecule has 3 heteroatoms. The molecule has 1 saturated carbocycles. The number of hydrogen-bond acceptors (Lipinski definition) is 2. The van der Waals surface area contributed by atoms with Crippen LogP contribution < -0.4 is 4.74 Å². The average Bonchev–Trinajstić information content (AvgIpc) is 3.02. The second kappa shape index (κ2) is 3.81. The molecule has 2 rings (SSSR count). The molecule has 1 aliphatic rings. The molecule has 1 N–H and O–H groups in total. The molecule has 0 heterocycles. The fourth-order valence-electron chi connectivity index (χ4n) is 1.98. The number of carboxylic acid groups (broad SMARTS) is 1. The number of rotatable bonds is 4. The summed E-state index contributed by atoms with van der Waals surface area (Å²) < 4.78 is 5.13. The van der Waals surface area contributed by atoms with E-state index in [1.54, 1.807) is 7.11 Å². The lowest BCUT2D eigenvalue weighted by atomic mass is 9.94. The lowest BCUT2D eigenvalue weighted by Gasteiger charge is -2.12. The van der Waals surface area contributed by atoms with E-state index in [0.29, 0.717) is 6.42 Å². The monoisotopic (exact) mass is 220 g/mol. The maximum absolute atomic E-state index is 11.1. The fourth-order valence-corrected chi connectivity index (χ4v) is 1.98. The summed E-state index contributed by atoms with van der Waals surface area (Å²) in [7, 11) is 1.63. The molecule has 3 nitrogen and oxygen atoms in total. The average molecular weight is 220 g/mol. The molecule has 1 aromatic rings. The van der Waals surface area contributed by atoms with Crippen LogP contribution >= 0.6 is 0 Å². The SMILES string of the molecule is COc1ccc(CC2(C(=O)O)CC2)c(C)c1. The predicted molar refractivity (Wildman–Crippen MR) is 60.7 cm³/mol. The molecule has 0 aliphatic heterocycles. The lowest BCUT2D eigenvalue weighted by molar-refractivity contribution is -0.143. The van der Waals surface area contributed by atoms with Gasteiger partial charge in [0.1, 0.15) is 5.75 Å². The van der Waals surface area contributed by atoms with Crippen LogP contribution in [0.5, 0.6) is 5.75 Å². The van der Waals surface area contributed by atoms with Gasteiger partial charge in [-0.15, -0.1) is 0 Å². The van der Waals surface area contributed by atoms with Gasteiger partial charge in [-0.25, -0.2) is 0 Å². The Kier molecular flexibility index (Phi) is 2.62. The number of aryl methyl sites for hydroxylation is 1. The van der Waals surface area contributed by atoms with Gasteiger partial charge in [-0.05, 0) is 49.4 Å². The molecule has 0 bridgehead atoms. The highest BCUT2D eigenvalue weighted by atomic mass is 16.5. The van der Waals surface area contributed by atoms with Crippen LogP contribution in [0, 0.1) is 12.3 Å². The molecule has 0 radical (unpaired) electrons. The summed E-state index contributed by atoms with van der Waals surface area (Å²) in [6.45, 7) is 2.00. The van der Waals surface area contributed by atoms with E-state index in [2.05, 4.69) is 0 Å². The molecular formula is C13H16O3. The summed E-state index contributed by atoms with van der Waals surface area (Å²) in [6.07, 6.45) is 2.24. The molecule has 0 amide bonds. The molecule has 0 spiro atoms. The first kappa shape index (κ1) is 11.0. The van der Waals surface area contributed by atoms with Crippen molar-refractivity contribution in [2.24, 2.45) is 5.41 Å². The van der Waals surface area contributed by atoms with Gasteiger partial charge >= 0.3 is 5.97 Å². The molecule has 86 valence electrons. The number of methoxy groups -OCH3 is 1. The van der Waals surface area contributed by atoms with Crippen LogP contribution in [-0.2, 0) is 11.2 Å². The second-order valence-electron chi connectivity index (χ2n) is 4.55. The highest BCUT2D eigenvalue weighted by Gasteiger charge is 2.50. The first-order chi connectivity index (χ1) is 7.57. The molecular weight excluding hydrogens is 204 g/mol. The van der Waals surface area contributed by atoms with Crippen LogP contribution in [0.2, 0.25) is 0 Å².